The number of hydrogen-bond acceptors (Lipinski definition) is 5. The van der Waals surface area contributed by atoms with Crippen LogP contribution in [0.1, 0.15) is 25.5 Å². The molecule has 0 aliphatic carbocycles. The summed E-state index contributed by atoms with van der Waals surface area (Å²) in [6, 6.07) is 2.31. The van der Waals surface area contributed by atoms with Crippen LogP contribution in [0.25, 0.3) is 11.4 Å². The van der Waals surface area contributed by atoms with E-state index in [0.717, 1.165) is 24.3 Å². The Morgan fingerprint density at radius 1 is 1.41 bits per heavy atom. The zero-order chi connectivity index (χ0) is 12.3. The van der Waals surface area contributed by atoms with Crippen molar-refractivity contribution in [1.82, 2.24) is 15.5 Å². The molecular formula is C12H17N3O2. The van der Waals surface area contributed by atoms with E-state index in [1.54, 1.807) is 6.26 Å². The first kappa shape index (κ1) is 11.9. The van der Waals surface area contributed by atoms with E-state index < -0.39 is 0 Å². The summed E-state index contributed by atoms with van der Waals surface area (Å²) < 4.78 is 10.4. The summed E-state index contributed by atoms with van der Waals surface area (Å²) in [5.41, 5.74) is 0.886. The van der Waals surface area contributed by atoms with E-state index in [9.17, 15) is 0 Å². The summed E-state index contributed by atoms with van der Waals surface area (Å²) in [6.07, 6.45) is 2.36. The third-order valence-electron chi connectivity index (χ3n) is 2.46. The minimum atomic E-state index is 0.466. The standard InChI is InChI=1S/C12H17N3O2/c1-8(2)13-6-4-11-14-12(15-17-11)10-5-7-16-9(10)3/h5,7-8,13H,4,6H2,1-3H3. The number of nitrogens with zero attached hydrogens (tertiary/aromatic N) is 2. The average Bonchev–Trinajstić information content (AvgIpc) is 2.86. The molecule has 0 aromatic carbocycles. The molecule has 1 N–H and O–H groups in total. The zero-order valence-electron chi connectivity index (χ0n) is 10.4. The number of rotatable bonds is 5. The molecule has 0 aliphatic rings. The SMILES string of the molecule is Cc1occc1-c1noc(CCNC(C)C)n1. The Kier molecular flexibility index (Phi) is 3.58. The van der Waals surface area contributed by atoms with Crippen molar-refractivity contribution in [1.29, 1.82) is 0 Å². The van der Waals surface area contributed by atoms with E-state index in [0.29, 0.717) is 17.8 Å². The van der Waals surface area contributed by atoms with Crippen molar-refractivity contribution >= 4 is 0 Å². The molecule has 0 saturated heterocycles. The Bertz CT molecular complexity index is 474. The molecule has 0 radical (unpaired) electrons. The second-order valence-electron chi connectivity index (χ2n) is 4.26. The predicted molar refractivity (Wildman–Crippen MR) is 63.6 cm³/mol. The number of hydrogen-bond donors (Lipinski definition) is 1. The van der Waals surface area contributed by atoms with Crippen LogP contribution in [0.15, 0.2) is 21.3 Å². The second-order valence-corrected chi connectivity index (χ2v) is 4.26. The summed E-state index contributed by atoms with van der Waals surface area (Å²) >= 11 is 0. The van der Waals surface area contributed by atoms with Crippen molar-refractivity contribution in [3.8, 4) is 11.4 Å². The molecule has 0 unspecified atom stereocenters. The minimum absolute atomic E-state index is 0.466. The first-order valence-electron chi connectivity index (χ1n) is 5.77. The van der Waals surface area contributed by atoms with Crippen molar-refractivity contribution in [3.63, 3.8) is 0 Å². The van der Waals surface area contributed by atoms with Crippen molar-refractivity contribution in [2.45, 2.75) is 33.2 Å². The summed E-state index contributed by atoms with van der Waals surface area (Å²) in [5, 5.41) is 7.25. The van der Waals surface area contributed by atoms with Crippen LogP contribution in [0, 0.1) is 6.92 Å². The van der Waals surface area contributed by atoms with E-state index in [4.69, 9.17) is 8.94 Å². The Morgan fingerprint density at radius 3 is 2.88 bits per heavy atom. The lowest BCUT2D eigenvalue weighted by Crippen LogP contribution is -2.25. The third kappa shape index (κ3) is 2.94. The van der Waals surface area contributed by atoms with E-state index in [-0.39, 0.29) is 0 Å². The highest BCUT2D eigenvalue weighted by Gasteiger charge is 2.12. The maximum atomic E-state index is 5.21. The molecule has 0 aliphatic heterocycles. The lowest BCUT2D eigenvalue weighted by Gasteiger charge is -2.04. The fourth-order valence-corrected chi connectivity index (χ4v) is 1.55. The first-order chi connectivity index (χ1) is 8.16. The molecule has 0 fully saturated rings. The van der Waals surface area contributed by atoms with Gasteiger partial charge in [-0.1, -0.05) is 19.0 Å². The smallest absolute Gasteiger partial charge is 0.228 e. The van der Waals surface area contributed by atoms with Gasteiger partial charge in [0.15, 0.2) is 0 Å². The molecule has 92 valence electrons. The fraction of sp³-hybridized carbons (Fsp3) is 0.500. The molecule has 0 bridgehead atoms. The van der Waals surface area contributed by atoms with Crippen LogP contribution in [-0.2, 0) is 6.42 Å². The van der Waals surface area contributed by atoms with Crippen LogP contribution in [-0.4, -0.2) is 22.7 Å². The summed E-state index contributed by atoms with van der Waals surface area (Å²) in [7, 11) is 0. The molecular weight excluding hydrogens is 218 g/mol. The fourth-order valence-electron chi connectivity index (χ4n) is 1.55. The van der Waals surface area contributed by atoms with E-state index in [2.05, 4.69) is 29.3 Å². The van der Waals surface area contributed by atoms with Crippen molar-refractivity contribution in [3.05, 3.63) is 24.0 Å². The van der Waals surface area contributed by atoms with Crippen molar-refractivity contribution < 1.29 is 8.94 Å². The average molecular weight is 235 g/mol. The molecule has 17 heavy (non-hydrogen) atoms. The topological polar surface area (TPSA) is 64.1 Å². The molecule has 2 rings (SSSR count). The van der Waals surface area contributed by atoms with Crippen LogP contribution in [0.4, 0.5) is 0 Å². The van der Waals surface area contributed by atoms with E-state index in [1.807, 2.05) is 13.0 Å². The summed E-state index contributed by atoms with van der Waals surface area (Å²) in [5.74, 6) is 2.04. The highest BCUT2D eigenvalue weighted by atomic mass is 16.5. The van der Waals surface area contributed by atoms with Crippen LogP contribution in [0.5, 0.6) is 0 Å². The molecule has 5 nitrogen and oxygen atoms in total. The van der Waals surface area contributed by atoms with Gasteiger partial charge in [-0.2, -0.15) is 4.98 Å². The molecule has 0 spiro atoms. The van der Waals surface area contributed by atoms with Gasteiger partial charge in [-0.3, -0.25) is 0 Å². The van der Waals surface area contributed by atoms with Gasteiger partial charge in [0, 0.05) is 19.0 Å². The maximum absolute atomic E-state index is 5.21. The quantitative estimate of drug-likeness (QED) is 0.860. The summed E-state index contributed by atoms with van der Waals surface area (Å²) in [4.78, 5) is 4.33. The summed E-state index contributed by atoms with van der Waals surface area (Å²) in [6.45, 7) is 6.93. The van der Waals surface area contributed by atoms with Gasteiger partial charge in [-0.25, -0.2) is 0 Å². The Balaban J connectivity index is 1.99. The van der Waals surface area contributed by atoms with Gasteiger partial charge < -0.3 is 14.3 Å². The van der Waals surface area contributed by atoms with Gasteiger partial charge in [0.1, 0.15) is 5.76 Å². The van der Waals surface area contributed by atoms with E-state index in [1.165, 1.54) is 0 Å². The van der Waals surface area contributed by atoms with Gasteiger partial charge in [0.25, 0.3) is 0 Å². The largest absolute Gasteiger partial charge is 0.469 e. The first-order valence-corrected chi connectivity index (χ1v) is 5.77. The highest BCUT2D eigenvalue weighted by molar-refractivity contribution is 5.55. The number of aryl methyl sites for hydroxylation is 1. The van der Waals surface area contributed by atoms with Crippen molar-refractivity contribution in [2.75, 3.05) is 6.54 Å². The number of aromatic nitrogens is 2. The van der Waals surface area contributed by atoms with Crippen LogP contribution < -0.4 is 5.32 Å². The lowest BCUT2D eigenvalue weighted by molar-refractivity contribution is 0.374. The van der Waals surface area contributed by atoms with Gasteiger partial charge in [-0.15, -0.1) is 0 Å². The Labute approximate surface area is 100 Å². The zero-order valence-corrected chi connectivity index (χ0v) is 10.4. The minimum Gasteiger partial charge on any atom is -0.469 e. The number of furan rings is 1. The maximum Gasteiger partial charge on any atom is 0.228 e. The van der Waals surface area contributed by atoms with Crippen molar-refractivity contribution in [2.24, 2.45) is 0 Å². The van der Waals surface area contributed by atoms with E-state index >= 15 is 0 Å². The lowest BCUT2D eigenvalue weighted by atomic mass is 10.2. The third-order valence-corrected chi connectivity index (χ3v) is 2.46. The van der Waals surface area contributed by atoms with Gasteiger partial charge in [-0.05, 0) is 13.0 Å². The molecule has 2 heterocycles. The highest BCUT2D eigenvalue weighted by Crippen LogP contribution is 2.20. The Hall–Kier alpha value is -1.62. The van der Waals surface area contributed by atoms with Gasteiger partial charge in [0.2, 0.25) is 11.7 Å². The molecule has 2 aromatic heterocycles. The van der Waals surface area contributed by atoms with Crippen LogP contribution in [0.3, 0.4) is 0 Å². The molecule has 0 atom stereocenters. The van der Waals surface area contributed by atoms with Crippen LogP contribution >= 0.6 is 0 Å². The number of nitrogens with one attached hydrogen (secondary N) is 1. The molecule has 0 saturated carbocycles. The van der Waals surface area contributed by atoms with Gasteiger partial charge >= 0.3 is 0 Å². The molecule has 0 amide bonds. The normalized spacial score (nSPS) is 11.3. The van der Waals surface area contributed by atoms with Gasteiger partial charge in [0.05, 0.1) is 11.8 Å². The second kappa shape index (κ2) is 5.14. The molecule has 5 heteroatoms. The Morgan fingerprint density at radius 2 is 2.24 bits per heavy atom. The van der Waals surface area contributed by atoms with Crippen LogP contribution in [0.2, 0.25) is 0 Å². The monoisotopic (exact) mass is 235 g/mol. The molecule has 2 aromatic rings. The predicted octanol–water partition coefficient (Wildman–Crippen LogP) is 2.18.